The number of benzene rings is 2. The molecule has 0 atom stereocenters. The van der Waals surface area contributed by atoms with Crippen molar-refractivity contribution in [2.45, 2.75) is 0 Å². The van der Waals surface area contributed by atoms with Gasteiger partial charge in [-0.05, 0) is 42.5 Å². The normalized spacial score (nSPS) is 10.6. The van der Waals surface area contributed by atoms with Crippen LogP contribution in [0.5, 0.6) is 11.5 Å². The quantitative estimate of drug-likeness (QED) is 0.604. The molecule has 2 aromatic carbocycles. The zero-order valence-electron chi connectivity index (χ0n) is 15.5. The molecular formula is C19H17FN4O5. The van der Waals surface area contributed by atoms with E-state index in [4.69, 9.17) is 10.5 Å². The van der Waals surface area contributed by atoms with Crippen LogP contribution in [0.3, 0.4) is 0 Å². The van der Waals surface area contributed by atoms with Crippen LogP contribution in [0.15, 0.2) is 52.1 Å². The summed E-state index contributed by atoms with van der Waals surface area (Å²) in [5, 5.41) is 12.3. The van der Waals surface area contributed by atoms with Gasteiger partial charge in [0.2, 0.25) is 0 Å². The van der Waals surface area contributed by atoms with E-state index in [1.165, 1.54) is 44.5 Å². The van der Waals surface area contributed by atoms with Crippen LogP contribution >= 0.6 is 0 Å². The van der Waals surface area contributed by atoms with Crippen LogP contribution in [0.1, 0.15) is 10.4 Å². The van der Waals surface area contributed by atoms with Gasteiger partial charge in [-0.2, -0.15) is 0 Å². The maximum atomic E-state index is 13.2. The molecule has 1 heterocycles. The summed E-state index contributed by atoms with van der Waals surface area (Å²) < 4.78 is 20.0. The van der Waals surface area contributed by atoms with Crippen LogP contribution in [-0.2, 0) is 7.05 Å². The molecule has 1 amide bonds. The van der Waals surface area contributed by atoms with E-state index in [1.807, 2.05) is 0 Å². The summed E-state index contributed by atoms with van der Waals surface area (Å²) in [5.74, 6) is -1.74. The molecular weight excluding hydrogens is 383 g/mol. The highest BCUT2D eigenvalue weighted by atomic mass is 19.1. The number of amides is 1. The first kappa shape index (κ1) is 19.7. The number of nitrogens with two attached hydrogens (primary N) is 1. The predicted molar refractivity (Wildman–Crippen MR) is 104 cm³/mol. The van der Waals surface area contributed by atoms with E-state index in [0.717, 1.165) is 21.3 Å². The number of nitrogens with zero attached hydrogens (tertiary/aromatic N) is 2. The Morgan fingerprint density at radius 3 is 2.45 bits per heavy atom. The fourth-order valence-electron chi connectivity index (χ4n) is 2.69. The minimum Gasteiger partial charge on any atom is -0.507 e. The number of hydrogen-bond donors (Lipinski definition) is 3. The Bertz CT molecular complexity index is 1210. The standard InChI is InChI=1S/C19H17FN4O5/c1-23-18(27)15(22-17(26)13-9-12(29-2)7-8-14(13)25)16(21)24(19(23)28)11-5-3-10(20)4-6-11/h3-9,25H,21H2,1-2H3,(H,22,26). The molecule has 1 aromatic heterocycles. The lowest BCUT2D eigenvalue weighted by molar-refractivity contribution is 0.102. The van der Waals surface area contributed by atoms with Crippen molar-refractivity contribution in [3.63, 3.8) is 0 Å². The Balaban J connectivity index is 2.13. The molecule has 29 heavy (non-hydrogen) atoms. The van der Waals surface area contributed by atoms with E-state index in [0.29, 0.717) is 5.75 Å². The van der Waals surface area contributed by atoms with Crippen LogP contribution in [0.2, 0.25) is 0 Å². The summed E-state index contributed by atoms with van der Waals surface area (Å²) in [6.07, 6.45) is 0. The predicted octanol–water partition coefficient (Wildman–Crippen LogP) is 1.22. The molecule has 0 saturated heterocycles. The number of ether oxygens (including phenoxy) is 1. The van der Waals surface area contributed by atoms with Gasteiger partial charge in [0, 0.05) is 7.05 Å². The van der Waals surface area contributed by atoms with Gasteiger partial charge in [0.05, 0.1) is 18.4 Å². The smallest absolute Gasteiger partial charge is 0.337 e. The van der Waals surface area contributed by atoms with Crippen molar-refractivity contribution in [1.82, 2.24) is 9.13 Å². The van der Waals surface area contributed by atoms with Crippen molar-refractivity contribution in [2.24, 2.45) is 7.05 Å². The lowest BCUT2D eigenvalue weighted by Gasteiger charge is -2.16. The van der Waals surface area contributed by atoms with Crippen molar-refractivity contribution in [1.29, 1.82) is 0 Å². The van der Waals surface area contributed by atoms with Crippen molar-refractivity contribution >= 4 is 17.4 Å². The van der Waals surface area contributed by atoms with Crippen LogP contribution in [0, 0.1) is 5.82 Å². The average Bonchev–Trinajstić information content (AvgIpc) is 2.71. The molecule has 9 nitrogen and oxygen atoms in total. The first-order chi connectivity index (χ1) is 13.7. The monoisotopic (exact) mass is 400 g/mol. The molecule has 0 fully saturated rings. The largest absolute Gasteiger partial charge is 0.507 e. The molecule has 4 N–H and O–H groups in total. The molecule has 0 radical (unpaired) electrons. The molecule has 0 spiro atoms. The first-order valence-electron chi connectivity index (χ1n) is 8.30. The van der Waals surface area contributed by atoms with E-state index in [-0.39, 0.29) is 28.5 Å². The number of aromatic hydroxyl groups is 1. The maximum absolute atomic E-state index is 13.2. The van der Waals surface area contributed by atoms with Crippen molar-refractivity contribution in [3.05, 3.63) is 74.7 Å². The summed E-state index contributed by atoms with van der Waals surface area (Å²) in [5.41, 5.74) is 4.04. The van der Waals surface area contributed by atoms with Crippen LogP contribution < -0.4 is 27.0 Å². The molecule has 0 saturated carbocycles. The van der Waals surface area contributed by atoms with Gasteiger partial charge in [-0.25, -0.2) is 13.8 Å². The van der Waals surface area contributed by atoms with E-state index in [2.05, 4.69) is 5.32 Å². The number of rotatable bonds is 4. The number of carbonyl (C=O) groups is 1. The molecule has 3 aromatic rings. The van der Waals surface area contributed by atoms with Gasteiger partial charge >= 0.3 is 5.69 Å². The summed E-state index contributed by atoms with van der Waals surface area (Å²) in [6, 6.07) is 8.84. The number of phenols is 1. The fraction of sp³-hybridized carbons (Fsp3) is 0.105. The summed E-state index contributed by atoms with van der Waals surface area (Å²) in [6.45, 7) is 0. The Morgan fingerprint density at radius 2 is 1.83 bits per heavy atom. The molecule has 150 valence electrons. The topological polar surface area (TPSA) is 129 Å². The number of anilines is 2. The summed E-state index contributed by atoms with van der Waals surface area (Å²) >= 11 is 0. The summed E-state index contributed by atoms with van der Waals surface area (Å²) in [4.78, 5) is 37.7. The number of phenolic OH excluding ortho intramolecular Hbond substituents is 1. The minimum atomic E-state index is -0.846. The third-order valence-electron chi connectivity index (χ3n) is 4.27. The number of aromatic nitrogens is 2. The third-order valence-corrected chi connectivity index (χ3v) is 4.27. The highest BCUT2D eigenvalue weighted by Crippen LogP contribution is 2.24. The fourth-order valence-corrected chi connectivity index (χ4v) is 2.69. The first-order valence-corrected chi connectivity index (χ1v) is 8.30. The Kier molecular flexibility index (Phi) is 5.09. The number of methoxy groups -OCH3 is 1. The SMILES string of the molecule is COc1ccc(O)c(C(=O)Nc2c(N)n(-c3ccc(F)cc3)c(=O)n(C)c2=O)c1. The lowest BCUT2D eigenvalue weighted by atomic mass is 10.1. The lowest BCUT2D eigenvalue weighted by Crippen LogP contribution is -2.40. The number of halogens is 1. The van der Waals surface area contributed by atoms with Crippen molar-refractivity contribution < 1.29 is 19.0 Å². The molecule has 0 aliphatic carbocycles. The Morgan fingerprint density at radius 1 is 1.17 bits per heavy atom. The number of carbonyl (C=O) groups excluding carboxylic acids is 1. The molecule has 10 heteroatoms. The van der Waals surface area contributed by atoms with Crippen LogP contribution in [0.4, 0.5) is 15.9 Å². The van der Waals surface area contributed by atoms with Crippen molar-refractivity contribution in [3.8, 4) is 17.2 Å². The van der Waals surface area contributed by atoms with Gasteiger partial charge in [0.1, 0.15) is 28.8 Å². The van der Waals surface area contributed by atoms with Crippen LogP contribution in [-0.4, -0.2) is 27.3 Å². The second-order valence-corrected chi connectivity index (χ2v) is 6.06. The zero-order valence-corrected chi connectivity index (χ0v) is 15.5. The van der Waals surface area contributed by atoms with Gasteiger partial charge in [0.15, 0.2) is 0 Å². The zero-order chi connectivity index (χ0) is 21.3. The molecule has 0 aliphatic rings. The second-order valence-electron chi connectivity index (χ2n) is 6.06. The van der Waals surface area contributed by atoms with Crippen LogP contribution in [0.25, 0.3) is 5.69 Å². The molecule has 0 unspecified atom stereocenters. The molecule has 0 bridgehead atoms. The Hall–Kier alpha value is -4.08. The van der Waals surface area contributed by atoms with Gasteiger partial charge < -0.3 is 20.9 Å². The number of hydrogen-bond acceptors (Lipinski definition) is 6. The van der Waals surface area contributed by atoms with E-state index in [9.17, 15) is 23.9 Å². The number of nitrogen functional groups attached to an aromatic ring is 1. The van der Waals surface area contributed by atoms with Crippen molar-refractivity contribution in [2.75, 3.05) is 18.2 Å². The van der Waals surface area contributed by atoms with E-state index in [1.54, 1.807) is 0 Å². The van der Waals surface area contributed by atoms with E-state index < -0.39 is 23.0 Å². The number of nitrogens with one attached hydrogen (secondary N) is 1. The third kappa shape index (κ3) is 3.55. The minimum absolute atomic E-state index is 0.162. The molecule has 0 aliphatic heterocycles. The van der Waals surface area contributed by atoms with E-state index >= 15 is 0 Å². The average molecular weight is 400 g/mol. The maximum Gasteiger partial charge on any atom is 0.337 e. The van der Waals surface area contributed by atoms with Gasteiger partial charge in [0.25, 0.3) is 11.5 Å². The van der Waals surface area contributed by atoms with Gasteiger partial charge in [-0.3, -0.25) is 14.2 Å². The highest BCUT2D eigenvalue weighted by molar-refractivity contribution is 6.07. The second kappa shape index (κ2) is 7.50. The highest BCUT2D eigenvalue weighted by Gasteiger charge is 2.21. The van der Waals surface area contributed by atoms with Gasteiger partial charge in [-0.15, -0.1) is 0 Å². The van der Waals surface area contributed by atoms with Gasteiger partial charge in [-0.1, -0.05) is 0 Å². The molecule has 3 rings (SSSR count). The summed E-state index contributed by atoms with van der Waals surface area (Å²) in [7, 11) is 2.60. The Labute approximate surface area is 163 Å².